The van der Waals surface area contributed by atoms with Gasteiger partial charge in [-0.25, -0.2) is 0 Å². The number of ketones is 1. The van der Waals surface area contributed by atoms with Crippen molar-refractivity contribution in [1.82, 2.24) is 5.32 Å². The summed E-state index contributed by atoms with van der Waals surface area (Å²) in [6, 6.07) is 4.40. The minimum absolute atomic E-state index is 0.0129. The minimum atomic E-state index is -0.261. The SMILES string of the molecule is CC(=O)C1=C(C)NC(SCC=C(C)C)=C(C#N)[C@H]1c1sccc1C. The van der Waals surface area contributed by atoms with Crippen molar-refractivity contribution in [2.24, 2.45) is 0 Å². The summed E-state index contributed by atoms with van der Waals surface area (Å²) in [7, 11) is 0. The van der Waals surface area contributed by atoms with Crippen LogP contribution in [0, 0.1) is 18.3 Å². The summed E-state index contributed by atoms with van der Waals surface area (Å²) < 4.78 is 0. The molecule has 1 atom stereocenters. The molecule has 0 saturated heterocycles. The van der Waals surface area contributed by atoms with Gasteiger partial charge in [0, 0.05) is 21.9 Å². The summed E-state index contributed by atoms with van der Waals surface area (Å²) in [4.78, 5) is 13.3. The molecule has 2 heterocycles. The predicted molar refractivity (Wildman–Crippen MR) is 103 cm³/mol. The van der Waals surface area contributed by atoms with Gasteiger partial charge < -0.3 is 5.32 Å². The fourth-order valence-electron chi connectivity index (χ4n) is 2.73. The van der Waals surface area contributed by atoms with Gasteiger partial charge in [0.1, 0.15) is 0 Å². The summed E-state index contributed by atoms with van der Waals surface area (Å²) in [6.45, 7) is 9.65. The van der Waals surface area contributed by atoms with Crippen LogP contribution in [-0.2, 0) is 4.79 Å². The molecule has 0 aliphatic carbocycles. The number of nitrogens with zero attached hydrogens (tertiary/aromatic N) is 1. The summed E-state index contributed by atoms with van der Waals surface area (Å²) in [5.41, 5.74) is 4.56. The highest BCUT2D eigenvalue weighted by molar-refractivity contribution is 8.03. The zero-order valence-electron chi connectivity index (χ0n) is 14.7. The normalized spacial score (nSPS) is 17.4. The Balaban J connectivity index is 2.53. The number of carbonyl (C=O) groups is 1. The molecule has 0 aromatic carbocycles. The fraction of sp³-hybridized carbons (Fsp3) is 0.368. The van der Waals surface area contributed by atoms with Gasteiger partial charge in [0.2, 0.25) is 0 Å². The van der Waals surface area contributed by atoms with E-state index in [1.165, 1.54) is 5.57 Å². The number of thiophene rings is 1. The van der Waals surface area contributed by atoms with Gasteiger partial charge in [0.15, 0.2) is 5.78 Å². The zero-order chi connectivity index (χ0) is 17.9. The van der Waals surface area contributed by atoms with Crippen LogP contribution in [0.25, 0.3) is 0 Å². The molecule has 1 aliphatic heterocycles. The molecule has 2 rings (SSSR count). The topological polar surface area (TPSA) is 52.9 Å². The van der Waals surface area contributed by atoms with Crippen LogP contribution in [0.15, 0.2) is 45.0 Å². The van der Waals surface area contributed by atoms with E-state index in [-0.39, 0.29) is 11.7 Å². The van der Waals surface area contributed by atoms with Crippen LogP contribution in [-0.4, -0.2) is 11.5 Å². The Morgan fingerprint density at radius 1 is 1.42 bits per heavy atom. The molecule has 5 heteroatoms. The van der Waals surface area contributed by atoms with Crippen molar-refractivity contribution in [1.29, 1.82) is 5.26 Å². The van der Waals surface area contributed by atoms with Gasteiger partial charge in [-0.15, -0.1) is 23.1 Å². The van der Waals surface area contributed by atoms with E-state index in [2.05, 4.69) is 31.3 Å². The number of hydrogen-bond acceptors (Lipinski definition) is 5. The molecule has 1 aliphatic rings. The maximum Gasteiger partial charge on any atom is 0.158 e. The third kappa shape index (κ3) is 3.82. The molecule has 1 N–H and O–H groups in total. The van der Waals surface area contributed by atoms with E-state index in [0.29, 0.717) is 11.1 Å². The maximum atomic E-state index is 12.3. The molecule has 0 spiro atoms. The third-order valence-corrected chi connectivity index (χ3v) is 5.94. The lowest BCUT2D eigenvalue weighted by Crippen LogP contribution is -2.27. The Labute approximate surface area is 152 Å². The van der Waals surface area contributed by atoms with E-state index in [9.17, 15) is 10.1 Å². The van der Waals surface area contributed by atoms with Gasteiger partial charge >= 0.3 is 0 Å². The Hall–Kier alpha value is -1.77. The lowest BCUT2D eigenvalue weighted by Gasteiger charge is -2.28. The maximum absolute atomic E-state index is 12.3. The van der Waals surface area contributed by atoms with Crippen LogP contribution < -0.4 is 5.32 Å². The number of hydrogen-bond donors (Lipinski definition) is 1. The highest BCUT2D eigenvalue weighted by Gasteiger charge is 2.34. The fourth-order valence-corrected chi connectivity index (χ4v) is 4.90. The molecular weight excluding hydrogens is 336 g/mol. The zero-order valence-corrected chi connectivity index (χ0v) is 16.3. The second-order valence-corrected chi connectivity index (χ2v) is 8.05. The van der Waals surface area contributed by atoms with Crippen LogP contribution in [0.4, 0.5) is 0 Å². The number of carbonyl (C=O) groups excluding carboxylic acids is 1. The van der Waals surface area contributed by atoms with Crippen molar-refractivity contribution >= 4 is 28.9 Å². The first kappa shape index (κ1) is 18.6. The first-order valence-electron chi connectivity index (χ1n) is 7.80. The summed E-state index contributed by atoms with van der Waals surface area (Å²) in [5.74, 6) is 0.552. The van der Waals surface area contributed by atoms with Crippen LogP contribution in [0.3, 0.4) is 0 Å². The van der Waals surface area contributed by atoms with Gasteiger partial charge in [-0.1, -0.05) is 11.6 Å². The summed E-state index contributed by atoms with van der Waals surface area (Å²) in [6.07, 6.45) is 2.14. The average Bonchev–Trinajstić information content (AvgIpc) is 2.91. The lowest BCUT2D eigenvalue weighted by atomic mass is 9.84. The van der Waals surface area contributed by atoms with Crippen molar-refractivity contribution in [3.05, 3.63) is 55.4 Å². The molecule has 0 radical (unpaired) electrons. The number of Topliss-reactive ketones (excluding diaryl/α,β-unsaturated/α-hetero) is 1. The average molecular weight is 359 g/mol. The number of nitriles is 1. The molecule has 0 amide bonds. The predicted octanol–water partition coefficient (Wildman–Crippen LogP) is 5.04. The first-order chi connectivity index (χ1) is 11.4. The highest BCUT2D eigenvalue weighted by Crippen LogP contribution is 2.43. The quantitative estimate of drug-likeness (QED) is 0.749. The van der Waals surface area contributed by atoms with E-state index >= 15 is 0 Å². The first-order valence-corrected chi connectivity index (χ1v) is 9.66. The second-order valence-electron chi connectivity index (χ2n) is 6.07. The van der Waals surface area contributed by atoms with Gasteiger partial charge in [0.05, 0.1) is 22.6 Å². The molecule has 1 aromatic heterocycles. The van der Waals surface area contributed by atoms with Gasteiger partial charge in [-0.05, 0) is 51.6 Å². The van der Waals surface area contributed by atoms with Crippen LogP contribution in [0.2, 0.25) is 0 Å². The lowest BCUT2D eigenvalue weighted by molar-refractivity contribution is -0.113. The number of rotatable bonds is 5. The Kier molecular flexibility index (Phi) is 6.09. The number of aryl methyl sites for hydroxylation is 1. The number of nitrogens with one attached hydrogen (secondary N) is 1. The van der Waals surface area contributed by atoms with E-state index < -0.39 is 0 Å². The van der Waals surface area contributed by atoms with Gasteiger partial charge in [-0.3, -0.25) is 4.79 Å². The van der Waals surface area contributed by atoms with Crippen LogP contribution in [0.5, 0.6) is 0 Å². The molecule has 3 nitrogen and oxygen atoms in total. The molecule has 126 valence electrons. The van der Waals surface area contributed by atoms with Gasteiger partial charge in [-0.2, -0.15) is 5.26 Å². The molecule has 0 bridgehead atoms. The summed E-state index contributed by atoms with van der Waals surface area (Å²) >= 11 is 3.22. The van der Waals surface area contributed by atoms with Gasteiger partial charge in [0.25, 0.3) is 0 Å². The van der Waals surface area contributed by atoms with E-state index in [1.54, 1.807) is 30.0 Å². The smallest absolute Gasteiger partial charge is 0.158 e. The van der Waals surface area contributed by atoms with Crippen molar-refractivity contribution in [2.75, 3.05) is 5.75 Å². The van der Waals surface area contributed by atoms with Crippen molar-refractivity contribution in [3.63, 3.8) is 0 Å². The molecular formula is C19H22N2OS2. The monoisotopic (exact) mass is 358 g/mol. The standard InChI is InChI=1S/C19H22N2OS2/c1-11(2)6-8-24-19-15(10-20)17(18-12(3)7-9-23-18)16(14(5)22)13(4)21-19/h6-7,9,17,21H,8H2,1-5H3/t17-/m1/s1. The molecule has 0 fully saturated rings. The minimum Gasteiger partial charge on any atom is -0.353 e. The number of allylic oxidation sites excluding steroid dienone is 4. The van der Waals surface area contributed by atoms with Crippen LogP contribution >= 0.6 is 23.1 Å². The number of dihydropyridines is 1. The molecule has 24 heavy (non-hydrogen) atoms. The van der Waals surface area contributed by atoms with Crippen molar-refractivity contribution in [2.45, 2.75) is 40.5 Å². The molecule has 0 unspecified atom stereocenters. The number of thioether (sulfide) groups is 1. The van der Waals surface area contributed by atoms with Crippen molar-refractivity contribution < 1.29 is 4.79 Å². The van der Waals surface area contributed by atoms with E-state index in [0.717, 1.165) is 26.9 Å². The Morgan fingerprint density at radius 3 is 2.62 bits per heavy atom. The summed E-state index contributed by atoms with van der Waals surface area (Å²) in [5, 5.41) is 16.0. The third-order valence-electron chi connectivity index (χ3n) is 3.91. The molecule has 1 aromatic rings. The second kappa shape index (κ2) is 7.87. The Morgan fingerprint density at radius 2 is 2.12 bits per heavy atom. The Bertz CT molecular complexity index is 787. The van der Waals surface area contributed by atoms with Crippen LogP contribution in [0.1, 0.15) is 44.1 Å². The van der Waals surface area contributed by atoms with E-state index in [4.69, 9.17) is 0 Å². The molecule has 0 saturated carbocycles. The van der Waals surface area contributed by atoms with E-state index in [1.807, 2.05) is 25.3 Å². The van der Waals surface area contributed by atoms with Crippen molar-refractivity contribution in [3.8, 4) is 6.07 Å². The largest absolute Gasteiger partial charge is 0.353 e. The highest BCUT2D eigenvalue weighted by atomic mass is 32.2.